The van der Waals surface area contributed by atoms with Crippen LogP contribution in [-0.4, -0.2) is 7.05 Å². The van der Waals surface area contributed by atoms with Gasteiger partial charge in [0.1, 0.15) is 11.2 Å². The van der Waals surface area contributed by atoms with Crippen LogP contribution < -0.4 is 3.11 Å². The summed E-state index contributed by atoms with van der Waals surface area (Å²) in [4.78, 5) is 0. The summed E-state index contributed by atoms with van der Waals surface area (Å²) in [6, 6.07) is 14.4. The highest BCUT2D eigenvalue weighted by Gasteiger charge is 2.07. The predicted octanol–water partition coefficient (Wildman–Crippen LogP) is 4.37. The lowest BCUT2D eigenvalue weighted by Gasteiger charge is -2.08. The van der Waals surface area contributed by atoms with Crippen LogP contribution in [-0.2, 0) is 0 Å². The van der Waals surface area contributed by atoms with E-state index >= 15 is 0 Å². The van der Waals surface area contributed by atoms with Gasteiger partial charge in [-0.05, 0) is 18.2 Å². The van der Waals surface area contributed by atoms with Crippen LogP contribution in [0.3, 0.4) is 0 Å². The van der Waals surface area contributed by atoms with Crippen LogP contribution in [0.2, 0.25) is 0 Å². The molecule has 2 nitrogen and oxygen atoms in total. The SMILES string of the molecule is CN(I)c1ccc2c(c1)oc1ccccc12. The van der Waals surface area contributed by atoms with Crippen LogP contribution in [0.5, 0.6) is 0 Å². The van der Waals surface area contributed by atoms with E-state index in [1.54, 1.807) is 0 Å². The normalized spacial score (nSPS) is 11.1. The molecule has 0 aliphatic rings. The van der Waals surface area contributed by atoms with Gasteiger partial charge < -0.3 is 7.53 Å². The molecule has 3 aromatic rings. The van der Waals surface area contributed by atoms with E-state index in [1.807, 2.05) is 28.4 Å². The molecule has 0 N–H and O–H groups in total. The van der Waals surface area contributed by atoms with Gasteiger partial charge in [0.25, 0.3) is 0 Å². The van der Waals surface area contributed by atoms with Gasteiger partial charge in [0.05, 0.1) is 22.9 Å². The largest absolute Gasteiger partial charge is 0.456 e. The molecule has 0 atom stereocenters. The molecule has 0 saturated heterocycles. The Kier molecular flexibility index (Phi) is 2.28. The van der Waals surface area contributed by atoms with E-state index in [0.717, 1.165) is 16.9 Å². The van der Waals surface area contributed by atoms with Crippen molar-refractivity contribution in [2.45, 2.75) is 0 Å². The van der Waals surface area contributed by atoms with Crippen LogP contribution in [0.4, 0.5) is 5.69 Å². The van der Waals surface area contributed by atoms with E-state index < -0.39 is 0 Å². The fraction of sp³-hybridized carbons (Fsp3) is 0.0769. The smallest absolute Gasteiger partial charge is 0.137 e. The molecule has 3 heteroatoms. The summed E-state index contributed by atoms with van der Waals surface area (Å²) in [5.41, 5.74) is 3.04. The summed E-state index contributed by atoms with van der Waals surface area (Å²) in [6.07, 6.45) is 0. The zero-order valence-electron chi connectivity index (χ0n) is 8.77. The topological polar surface area (TPSA) is 16.4 Å². The molecule has 0 aliphatic heterocycles. The maximum absolute atomic E-state index is 5.81. The molecular weight excluding hydrogens is 313 g/mol. The predicted molar refractivity (Wildman–Crippen MR) is 76.1 cm³/mol. The first-order valence-corrected chi connectivity index (χ1v) is 6.03. The van der Waals surface area contributed by atoms with E-state index in [2.05, 4.69) is 47.1 Å². The maximum atomic E-state index is 5.81. The third kappa shape index (κ3) is 1.46. The first kappa shape index (κ1) is 9.96. The minimum atomic E-state index is 0.946. The zero-order valence-corrected chi connectivity index (χ0v) is 10.9. The highest BCUT2D eigenvalue weighted by atomic mass is 127. The molecule has 2 aromatic carbocycles. The molecular formula is C13H10INO. The Hall–Kier alpha value is -1.23. The van der Waals surface area contributed by atoms with E-state index in [4.69, 9.17) is 4.42 Å². The maximum Gasteiger partial charge on any atom is 0.137 e. The van der Waals surface area contributed by atoms with Crippen LogP contribution in [0.15, 0.2) is 46.9 Å². The van der Waals surface area contributed by atoms with Gasteiger partial charge in [0.2, 0.25) is 0 Å². The second-order valence-electron chi connectivity index (χ2n) is 3.76. The van der Waals surface area contributed by atoms with Crippen molar-refractivity contribution in [1.29, 1.82) is 0 Å². The minimum Gasteiger partial charge on any atom is -0.456 e. The lowest BCUT2D eigenvalue weighted by atomic mass is 10.1. The molecule has 0 amide bonds. The zero-order chi connectivity index (χ0) is 11.1. The molecule has 0 spiro atoms. The van der Waals surface area contributed by atoms with Crippen LogP contribution >= 0.6 is 22.9 Å². The summed E-state index contributed by atoms with van der Waals surface area (Å²) in [5, 5.41) is 2.36. The number of furan rings is 1. The molecule has 0 unspecified atom stereocenters. The van der Waals surface area contributed by atoms with Gasteiger partial charge in [0, 0.05) is 29.6 Å². The molecule has 0 saturated carbocycles. The number of hydrogen-bond acceptors (Lipinski definition) is 2. The molecule has 16 heavy (non-hydrogen) atoms. The van der Waals surface area contributed by atoms with Crippen molar-refractivity contribution in [2.24, 2.45) is 0 Å². The molecule has 0 bridgehead atoms. The number of anilines is 1. The Bertz CT molecular complexity index is 657. The fourth-order valence-corrected chi connectivity index (χ4v) is 2.21. The summed E-state index contributed by atoms with van der Waals surface area (Å²) >= 11 is 2.25. The summed E-state index contributed by atoms with van der Waals surface area (Å²) in [5.74, 6) is 0. The van der Waals surface area contributed by atoms with Gasteiger partial charge >= 0.3 is 0 Å². The first-order chi connectivity index (χ1) is 7.75. The lowest BCUT2D eigenvalue weighted by molar-refractivity contribution is 0.669. The van der Waals surface area contributed by atoms with Gasteiger partial charge in [-0.1, -0.05) is 18.2 Å². The number of hydrogen-bond donors (Lipinski definition) is 0. The highest BCUT2D eigenvalue weighted by Crippen LogP contribution is 2.31. The number of nitrogens with zero attached hydrogens (tertiary/aromatic N) is 1. The van der Waals surface area contributed by atoms with Gasteiger partial charge in [-0.25, -0.2) is 0 Å². The molecule has 0 aliphatic carbocycles. The summed E-state index contributed by atoms with van der Waals surface area (Å²) < 4.78 is 7.86. The van der Waals surface area contributed by atoms with E-state index in [0.29, 0.717) is 0 Å². The number of benzene rings is 2. The number of halogens is 1. The molecule has 0 fully saturated rings. The van der Waals surface area contributed by atoms with E-state index in [9.17, 15) is 0 Å². The molecule has 1 aromatic heterocycles. The standard InChI is InChI=1S/C13H10INO/c1-15(14)9-6-7-11-10-4-2-3-5-12(10)16-13(11)8-9/h2-8H,1H3. The quantitative estimate of drug-likeness (QED) is 0.488. The van der Waals surface area contributed by atoms with Gasteiger partial charge in [-0.3, -0.25) is 0 Å². The fourth-order valence-electron chi connectivity index (χ4n) is 1.91. The minimum absolute atomic E-state index is 0.946. The van der Waals surface area contributed by atoms with Crippen molar-refractivity contribution in [2.75, 3.05) is 10.2 Å². The van der Waals surface area contributed by atoms with E-state index in [-0.39, 0.29) is 0 Å². The second-order valence-corrected chi connectivity index (χ2v) is 5.20. The van der Waals surface area contributed by atoms with Crippen molar-refractivity contribution >= 4 is 50.5 Å². The third-order valence-electron chi connectivity index (χ3n) is 2.72. The van der Waals surface area contributed by atoms with Crippen molar-refractivity contribution in [3.8, 4) is 0 Å². The lowest BCUT2D eigenvalue weighted by Crippen LogP contribution is -1.97. The second kappa shape index (κ2) is 3.66. The van der Waals surface area contributed by atoms with Gasteiger partial charge in [0.15, 0.2) is 0 Å². The molecule has 80 valence electrons. The Labute approximate surface area is 107 Å². The van der Waals surface area contributed by atoms with Crippen LogP contribution in [0, 0.1) is 0 Å². The van der Waals surface area contributed by atoms with E-state index in [1.165, 1.54) is 10.8 Å². The van der Waals surface area contributed by atoms with Crippen molar-refractivity contribution in [3.63, 3.8) is 0 Å². The van der Waals surface area contributed by atoms with Crippen LogP contribution in [0.25, 0.3) is 21.9 Å². The molecule has 0 radical (unpaired) electrons. The van der Waals surface area contributed by atoms with Crippen LogP contribution in [0.1, 0.15) is 0 Å². The molecule has 3 rings (SSSR count). The van der Waals surface area contributed by atoms with Crippen molar-refractivity contribution < 1.29 is 4.42 Å². The van der Waals surface area contributed by atoms with Gasteiger partial charge in [-0.2, -0.15) is 0 Å². The van der Waals surface area contributed by atoms with Gasteiger partial charge in [-0.15, -0.1) is 0 Å². The third-order valence-corrected chi connectivity index (χ3v) is 3.28. The average molecular weight is 323 g/mol. The molecule has 1 heterocycles. The number of rotatable bonds is 1. The highest BCUT2D eigenvalue weighted by molar-refractivity contribution is 14.1. The average Bonchev–Trinajstić information content (AvgIpc) is 2.66. The first-order valence-electron chi connectivity index (χ1n) is 5.06. The Morgan fingerprint density at radius 1 is 1.00 bits per heavy atom. The van der Waals surface area contributed by atoms with Crippen molar-refractivity contribution in [3.05, 3.63) is 42.5 Å². The Morgan fingerprint density at radius 2 is 1.75 bits per heavy atom. The Morgan fingerprint density at radius 3 is 2.56 bits per heavy atom. The summed E-state index contributed by atoms with van der Waals surface area (Å²) in [6.45, 7) is 0. The Balaban J connectivity index is 2.37. The summed E-state index contributed by atoms with van der Waals surface area (Å²) in [7, 11) is 2.02. The number of fused-ring (bicyclic) bond motifs is 3. The number of para-hydroxylation sites is 1. The van der Waals surface area contributed by atoms with Crippen molar-refractivity contribution in [1.82, 2.24) is 0 Å². The monoisotopic (exact) mass is 323 g/mol.